The number of halogens is 2. The monoisotopic (exact) mass is 218 g/mol. The number of aromatic nitrogens is 1. The number of pyridine rings is 1. The first-order valence-electron chi connectivity index (χ1n) is 4.29. The second-order valence-corrected chi connectivity index (χ2v) is 3.43. The number of hydrogen-bond acceptors (Lipinski definition) is 3. The first-order chi connectivity index (χ1) is 6.59. The minimum atomic E-state index is -0.461. The van der Waals surface area contributed by atoms with Crippen molar-refractivity contribution in [3.8, 4) is 0 Å². The molecule has 0 spiro atoms. The van der Waals surface area contributed by atoms with Gasteiger partial charge in [0.15, 0.2) is 0 Å². The molecule has 0 aliphatic carbocycles. The molecule has 1 heterocycles. The number of rotatable bonds is 4. The van der Waals surface area contributed by atoms with Gasteiger partial charge >= 0.3 is 0 Å². The summed E-state index contributed by atoms with van der Waals surface area (Å²) in [6.45, 7) is 2.31. The molecule has 0 aliphatic rings. The molecule has 1 unspecified atom stereocenters. The molecule has 5 heteroatoms. The minimum Gasteiger partial charge on any atom is -0.392 e. The molecule has 0 amide bonds. The van der Waals surface area contributed by atoms with Gasteiger partial charge in [0.2, 0.25) is 0 Å². The van der Waals surface area contributed by atoms with Crippen molar-refractivity contribution < 1.29 is 9.50 Å². The maximum absolute atomic E-state index is 13.1. The lowest BCUT2D eigenvalue weighted by Gasteiger charge is -2.07. The average molecular weight is 219 g/mol. The molecule has 0 bridgehead atoms. The summed E-state index contributed by atoms with van der Waals surface area (Å²) < 4.78 is 13.1. The fourth-order valence-electron chi connectivity index (χ4n) is 0.981. The normalized spacial score (nSPS) is 12.9. The molecule has 1 aromatic rings. The Morgan fingerprint density at radius 3 is 3.00 bits per heavy atom. The summed E-state index contributed by atoms with van der Waals surface area (Å²) in [5.41, 5.74) is 0.262. The number of nitrogens with zero attached hydrogens (tertiary/aromatic N) is 1. The van der Waals surface area contributed by atoms with Crippen LogP contribution in [0.4, 0.5) is 4.39 Å². The Labute approximate surface area is 86.9 Å². The van der Waals surface area contributed by atoms with E-state index in [0.717, 1.165) is 0 Å². The van der Waals surface area contributed by atoms with Crippen molar-refractivity contribution in [1.82, 2.24) is 10.3 Å². The molecule has 1 rings (SSSR count). The molecule has 0 fully saturated rings. The Kier molecular flexibility index (Phi) is 4.25. The lowest BCUT2D eigenvalue weighted by atomic mass is 10.3. The highest BCUT2D eigenvalue weighted by Crippen LogP contribution is 2.09. The third-order valence-electron chi connectivity index (χ3n) is 1.62. The van der Waals surface area contributed by atoms with Crippen molar-refractivity contribution in [2.75, 3.05) is 6.54 Å². The topological polar surface area (TPSA) is 45.1 Å². The molecular weight excluding hydrogens is 207 g/mol. The van der Waals surface area contributed by atoms with Crippen molar-refractivity contribution in [2.24, 2.45) is 0 Å². The van der Waals surface area contributed by atoms with Crippen molar-refractivity contribution in [3.63, 3.8) is 0 Å². The SMILES string of the molecule is CC(O)CNCc1nc(Cl)ccc1F. The van der Waals surface area contributed by atoms with Crippen LogP contribution in [0, 0.1) is 5.82 Å². The number of aliphatic hydroxyl groups excluding tert-OH is 1. The summed E-state index contributed by atoms with van der Waals surface area (Å²) in [6, 6.07) is 2.67. The van der Waals surface area contributed by atoms with Crippen LogP contribution in [0.15, 0.2) is 12.1 Å². The zero-order valence-corrected chi connectivity index (χ0v) is 8.55. The third-order valence-corrected chi connectivity index (χ3v) is 1.83. The Balaban J connectivity index is 2.53. The van der Waals surface area contributed by atoms with Crippen LogP contribution in [0.25, 0.3) is 0 Å². The molecule has 78 valence electrons. The first kappa shape index (κ1) is 11.4. The van der Waals surface area contributed by atoms with Crippen LogP contribution in [0.5, 0.6) is 0 Å². The van der Waals surface area contributed by atoms with Crippen molar-refractivity contribution in [2.45, 2.75) is 19.6 Å². The van der Waals surface area contributed by atoms with Crippen molar-refractivity contribution in [3.05, 3.63) is 28.8 Å². The van der Waals surface area contributed by atoms with Gasteiger partial charge in [0, 0.05) is 13.1 Å². The molecule has 1 atom stereocenters. The summed E-state index contributed by atoms with van der Waals surface area (Å²) in [7, 11) is 0. The molecule has 3 nitrogen and oxygen atoms in total. The molecule has 2 N–H and O–H groups in total. The van der Waals surface area contributed by atoms with Crippen LogP contribution in [0.3, 0.4) is 0 Å². The summed E-state index contributed by atoms with van der Waals surface area (Å²) in [4.78, 5) is 3.82. The molecule has 1 aromatic heterocycles. The molecular formula is C9H12ClFN2O. The Bertz CT molecular complexity index is 307. The predicted molar refractivity (Wildman–Crippen MR) is 52.6 cm³/mol. The van der Waals surface area contributed by atoms with Crippen LogP contribution in [0.1, 0.15) is 12.6 Å². The zero-order valence-electron chi connectivity index (χ0n) is 7.80. The van der Waals surface area contributed by atoms with Crippen LogP contribution in [-0.4, -0.2) is 22.7 Å². The van der Waals surface area contributed by atoms with Gasteiger partial charge in [-0.3, -0.25) is 0 Å². The quantitative estimate of drug-likeness (QED) is 0.750. The maximum atomic E-state index is 13.1. The van der Waals surface area contributed by atoms with Gasteiger partial charge in [0.1, 0.15) is 11.0 Å². The molecule has 0 radical (unpaired) electrons. The van der Waals surface area contributed by atoms with E-state index in [4.69, 9.17) is 16.7 Å². The summed E-state index contributed by atoms with van der Waals surface area (Å²) >= 11 is 5.60. The van der Waals surface area contributed by atoms with Gasteiger partial charge in [-0.15, -0.1) is 0 Å². The molecule has 0 saturated carbocycles. The van der Waals surface area contributed by atoms with Gasteiger partial charge < -0.3 is 10.4 Å². The van der Waals surface area contributed by atoms with Crippen LogP contribution >= 0.6 is 11.6 Å². The highest BCUT2D eigenvalue weighted by molar-refractivity contribution is 6.29. The Morgan fingerprint density at radius 2 is 2.36 bits per heavy atom. The summed E-state index contributed by atoms with van der Waals surface area (Å²) in [5.74, 6) is -0.396. The highest BCUT2D eigenvalue weighted by Gasteiger charge is 2.04. The third kappa shape index (κ3) is 3.57. The predicted octanol–water partition coefficient (Wildman–Crippen LogP) is 1.34. The van der Waals surface area contributed by atoms with Gasteiger partial charge in [0.25, 0.3) is 0 Å². The molecule has 0 saturated heterocycles. The number of hydrogen-bond donors (Lipinski definition) is 2. The standard InChI is InChI=1S/C9H12ClFN2O/c1-6(14)4-12-5-8-7(11)2-3-9(10)13-8/h2-3,6,12,14H,4-5H2,1H3. The van der Waals surface area contributed by atoms with Crippen molar-refractivity contribution >= 4 is 11.6 Å². The lowest BCUT2D eigenvalue weighted by Crippen LogP contribution is -2.24. The minimum absolute atomic E-state index is 0.261. The van der Waals surface area contributed by atoms with E-state index < -0.39 is 11.9 Å². The second-order valence-electron chi connectivity index (χ2n) is 3.04. The number of nitrogens with one attached hydrogen (secondary N) is 1. The largest absolute Gasteiger partial charge is 0.392 e. The van der Waals surface area contributed by atoms with E-state index in [1.54, 1.807) is 6.92 Å². The fraction of sp³-hybridized carbons (Fsp3) is 0.444. The van der Waals surface area contributed by atoms with Gasteiger partial charge in [-0.2, -0.15) is 0 Å². The van der Waals surface area contributed by atoms with Gasteiger partial charge in [-0.05, 0) is 19.1 Å². The Morgan fingerprint density at radius 1 is 1.64 bits per heavy atom. The molecule has 0 aromatic carbocycles. The van der Waals surface area contributed by atoms with Crippen LogP contribution in [0.2, 0.25) is 5.15 Å². The van der Waals surface area contributed by atoms with E-state index in [0.29, 0.717) is 6.54 Å². The van der Waals surface area contributed by atoms with E-state index >= 15 is 0 Å². The summed E-state index contributed by atoms with van der Waals surface area (Å²) in [6.07, 6.45) is -0.461. The highest BCUT2D eigenvalue weighted by atomic mass is 35.5. The maximum Gasteiger partial charge on any atom is 0.146 e. The smallest absolute Gasteiger partial charge is 0.146 e. The lowest BCUT2D eigenvalue weighted by molar-refractivity contribution is 0.190. The van der Waals surface area contributed by atoms with E-state index in [1.165, 1.54) is 12.1 Å². The van der Waals surface area contributed by atoms with E-state index in [9.17, 15) is 4.39 Å². The van der Waals surface area contributed by atoms with E-state index in [1.807, 2.05) is 0 Å². The van der Waals surface area contributed by atoms with Crippen LogP contribution < -0.4 is 5.32 Å². The fourth-order valence-corrected chi connectivity index (χ4v) is 1.15. The zero-order chi connectivity index (χ0) is 10.6. The van der Waals surface area contributed by atoms with Crippen molar-refractivity contribution in [1.29, 1.82) is 0 Å². The van der Waals surface area contributed by atoms with Gasteiger partial charge in [0.05, 0.1) is 11.8 Å². The number of aliphatic hydroxyl groups is 1. The second kappa shape index (κ2) is 5.24. The van der Waals surface area contributed by atoms with E-state index in [-0.39, 0.29) is 17.4 Å². The molecule has 14 heavy (non-hydrogen) atoms. The summed E-state index contributed by atoms with van der Waals surface area (Å²) in [5, 5.41) is 12.1. The van der Waals surface area contributed by atoms with Gasteiger partial charge in [-0.25, -0.2) is 9.37 Å². The average Bonchev–Trinajstić information content (AvgIpc) is 2.10. The van der Waals surface area contributed by atoms with Crippen LogP contribution in [-0.2, 0) is 6.54 Å². The van der Waals surface area contributed by atoms with Gasteiger partial charge in [-0.1, -0.05) is 11.6 Å². The first-order valence-corrected chi connectivity index (χ1v) is 4.67. The molecule has 0 aliphatic heterocycles. The van der Waals surface area contributed by atoms with E-state index in [2.05, 4.69) is 10.3 Å². The Hall–Kier alpha value is -0.710.